The van der Waals surface area contributed by atoms with E-state index in [4.69, 9.17) is 14.2 Å². The Balaban J connectivity index is 0.000000646. The number of esters is 1. The maximum absolute atomic E-state index is 12.7. The molecule has 0 amide bonds. The molecule has 0 spiro atoms. The summed E-state index contributed by atoms with van der Waals surface area (Å²) in [7, 11) is 0. The van der Waals surface area contributed by atoms with Crippen LogP contribution in [0.3, 0.4) is 0 Å². The van der Waals surface area contributed by atoms with E-state index in [2.05, 4.69) is 10.1 Å². The van der Waals surface area contributed by atoms with E-state index in [9.17, 15) is 19.7 Å². The first-order valence-corrected chi connectivity index (χ1v) is 14.0. The van der Waals surface area contributed by atoms with Crippen LogP contribution < -0.4 is 10.1 Å². The van der Waals surface area contributed by atoms with Gasteiger partial charge in [0, 0.05) is 6.07 Å². The Kier molecular flexibility index (Phi) is 11.4. The molecule has 10 nitrogen and oxygen atoms in total. The number of rotatable bonds is 11. The van der Waals surface area contributed by atoms with Crippen molar-refractivity contribution in [1.29, 1.82) is 0 Å². The highest BCUT2D eigenvalue weighted by Crippen LogP contribution is 2.29. The largest absolute Gasteiger partial charge is 0.489 e. The Hall–Kier alpha value is -4.28. The van der Waals surface area contributed by atoms with Crippen LogP contribution in [0.25, 0.3) is 0 Å². The SMILES string of the molecule is CC(C)(C)OC=O.CC1(C)NC(CCc2ccc(OCc3ccccc3)cc2)(COC(=O)c2ccccc2[N+](=O)[O-])CO1. The lowest BCUT2D eigenvalue weighted by molar-refractivity contribution is -0.385. The summed E-state index contributed by atoms with van der Waals surface area (Å²) in [6, 6.07) is 23.7. The average molecular weight is 593 g/mol. The average Bonchev–Trinajstić information content (AvgIpc) is 3.29. The van der Waals surface area contributed by atoms with Crippen LogP contribution in [-0.2, 0) is 32.0 Å². The second-order valence-corrected chi connectivity index (χ2v) is 11.8. The minimum Gasteiger partial charge on any atom is -0.489 e. The lowest BCUT2D eigenvalue weighted by Gasteiger charge is -2.30. The number of benzene rings is 3. The van der Waals surface area contributed by atoms with Gasteiger partial charge in [-0.3, -0.25) is 20.2 Å². The number of carbonyl (C=O) groups is 2. The molecule has 10 heteroatoms. The number of nitro groups is 1. The van der Waals surface area contributed by atoms with E-state index >= 15 is 0 Å². The van der Waals surface area contributed by atoms with Crippen LogP contribution in [0.1, 0.15) is 62.5 Å². The van der Waals surface area contributed by atoms with Crippen molar-refractivity contribution < 1.29 is 33.5 Å². The maximum atomic E-state index is 12.7. The number of nitrogens with one attached hydrogen (secondary N) is 1. The zero-order chi connectivity index (χ0) is 31.5. The Morgan fingerprint density at radius 3 is 2.21 bits per heavy atom. The number of para-hydroxylation sites is 1. The first kappa shape index (κ1) is 33.2. The van der Waals surface area contributed by atoms with Gasteiger partial charge in [0.15, 0.2) is 0 Å². The van der Waals surface area contributed by atoms with Gasteiger partial charge in [0.2, 0.25) is 0 Å². The predicted octanol–water partition coefficient (Wildman–Crippen LogP) is 6.02. The number of aryl methyl sites for hydroxylation is 1. The summed E-state index contributed by atoms with van der Waals surface area (Å²) in [4.78, 5) is 33.0. The molecule has 1 unspecified atom stereocenters. The number of carbonyl (C=O) groups excluding carboxylic acids is 2. The van der Waals surface area contributed by atoms with Crippen LogP contribution >= 0.6 is 0 Å². The summed E-state index contributed by atoms with van der Waals surface area (Å²) in [5.41, 5.74) is 0.351. The van der Waals surface area contributed by atoms with E-state index in [-0.39, 0.29) is 23.5 Å². The summed E-state index contributed by atoms with van der Waals surface area (Å²) >= 11 is 0. The summed E-state index contributed by atoms with van der Waals surface area (Å²) in [5, 5.41) is 14.7. The molecule has 1 fully saturated rings. The Morgan fingerprint density at radius 1 is 1.00 bits per heavy atom. The number of ether oxygens (including phenoxy) is 4. The molecule has 0 saturated carbocycles. The molecule has 0 aromatic heterocycles. The van der Waals surface area contributed by atoms with Crippen molar-refractivity contribution in [3.05, 3.63) is 106 Å². The first-order valence-electron chi connectivity index (χ1n) is 14.0. The third kappa shape index (κ3) is 10.8. The molecule has 0 bridgehead atoms. The normalized spacial score (nSPS) is 17.2. The highest BCUT2D eigenvalue weighted by Gasteiger charge is 2.44. The minimum atomic E-state index is -0.729. The van der Waals surface area contributed by atoms with E-state index < -0.39 is 22.2 Å². The monoisotopic (exact) mass is 592 g/mol. The van der Waals surface area contributed by atoms with Gasteiger partial charge in [0.05, 0.1) is 17.1 Å². The molecule has 1 aliphatic heterocycles. The van der Waals surface area contributed by atoms with Gasteiger partial charge in [-0.2, -0.15) is 0 Å². The fraction of sp³-hybridized carbons (Fsp3) is 0.394. The van der Waals surface area contributed by atoms with Gasteiger partial charge in [0.1, 0.15) is 35.9 Å². The second-order valence-electron chi connectivity index (χ2n) is 11.8. The van der Waals surface area contributed by atoms with E-state index in [0.29, 0.717) is 32.5 Å². The summed E-state index contributed by atoms with van der Waals surface area (Å²) in [6.45, 7) is 10.6. The van der Waals surface area contributed by atoms with Crippen molar-refractivity contribution in [3.8, 4) is 5.75 Å². The van der Waals surface area contributed by atoms with Gasteiger partial charge in [-0.15, -0.1) is 0 Å². The molecule has 0 aliphatic carbocycles. The molecule has 1 saturated heterocycles. The van der Waals surface area contributed by atoms with Gasteiger partial charge in [0.25, 0.3) is 12.2 Å². The molecule has 3 aromatic rings. The van der Waals surface area contributed by atoms with E-state index in [0.717, 1.165) is 16.9 Å². The first-order chi connectivity index (χ1) is 20.3. The van der Waals surface area contributed by atoms with E-state index in [1.165, 1.54) is 18.2 Å². The third-order valence-corrected chi connectivity index (χ3v) is 6.54. The molecule has 1 aliphatic rings. The van der Waals surface area contributed by atoms with Gasteiger partial charge >= 0.3 is 5.97 Å². The molecule has 43 heavy (non-hydrogen) atoms. The van der Waals surface area contributed by atoms with Crippen LogP contribution in [0.2, 0.25) is 0 Å². The fourth-order valence-corrected chi connectivity index (χ4v) is 4.42. The lowest BCUT2D eigenvalue weighted by atomic mass is 9.92. The Bertz CT molecular complexity index is 1350. The summed E-state index contributed by atoms with van der Waals surface area (Å²) < 4.78 is 21.9. The van der Waals surface area contributed by atoms with E-state index in [1.54, 1.807) is 6.07 Å². The van der Waals surface area contributed by atoms with Crippen LogP contribution in [0.4, 0.5) is 5.69 Å². The molecule has 3 aromatic carbocycles. The highest BCUT2D eigenvalue weighted by atomic mass is 16.6. The predicted molar refractivity (Wildman–Crippen MR) is 162 cm³/mol. The van der Waals surface area contributed by atoms with Crippen molar-refractivity contribution in [2.75, 3.05) is 13.2 Å². The molecule has 1 heterocycles. The number of nitro benzene ring substituents is 1. The lowest BCUT2D eigenvalue weighted by Crippen LogP contribution is -2.52. The number of hydrogen-bond acceptors (Lipinski definition) is 9. The fourth-order valence-electron chi connectivity index (χ4n) is 4.42. The number of hydrogen-bond donors (Lipinski definition) is 1. The Morgan fingerprint density at radius 2 is 1.65 bits per heavy atom. The van der Waals surface area contributed by atoms with Crippen molar-refractivity contribution in [2.24, 2.45) is 0 Å². The molecule has 1 atom stereocenters. The van der Waals surface area contributed by atoms with Crippen molar-refractivity contribution in [3.63, 3.8) is 0 Å². The molecular weight excluding hydrogens is 552 g/mol. The van der Waals surface area contributed by atoms with Crippen LogP contribution in [0.15, 0.2) is 78.9 Å². The van der Waals surface area contributed by atoms with Crippen LogP contribution in [0, 0.1) is 10.1 Å². The standard InChI is InChI=1S/C28H30N2O6.C5H10O2/c1-27(2)29-28(20-36-27,19-35-26(31)24-10-6-7-11-25(24)30(32)33)17-16-21-12-14-23(15-13-21)34-18-22-8-4-3-5-9-22;1-5(2,3)7-4-6/h3-15,29H,16-20H2,1-2H3;4H,1-3H3. The zero-order valence-electron chi connectivity index (χ0n) is 25.3. The zero-order valence-corrected chi connectivity index (χ0v) is 25.3. The van der Waals surface area contributed by atoms with Gasteiger partial charge in [-0.1, -0.05) is 54.6 Å². The molecule has 1 N–H and O–H groups in total. The van der Waals surface area contributed by atoms with Gasteiger partial charge in [-0.05, 0) is 76.8 Å². The molecular formula is C33H40N2O8. The molecule has 0 radical (unpaired) electrons. The number of nitrogens with zero attached hydrogens (tertiary/aromatic N) is 1. The third-order valence-electron chi connectivity index (χ3n) is 6.54. The topological polar surface area (TPSA) is 126 Å². The molecule has 4 rings (SSSR count). The van der Waals surface area contributed by atoms with Crippen molar-refractivity contribution >= 4 is 18.1 Å². The van der Waals surface area contributed by atoms with Gasteiger partial charge < -0.3 is 18.9 Å². The van der Waals surface area contributed by atoms with Crippen LogP contribution in [0.5, 0.6) is 5.75 Å². The summed E-state index contributed by atoms with van der Waals surface area (Å²) in [5.74, 6) is 0.0623. The molecule has 230 valence electrons. The quantitative estimate of drug-likeness (QED) is 0.123. The van der Waals surface area contributed by atoms with E-state index in [1.807, 2.05) is 89.2 Å². The maximum Gasteiger partial charge on any atom is 0.345 e. The smallest absolute Gasteiger partial charge is 0.345 e. The van der Waals surface area contributed by atoms with Gasteiger partial charge in [-0.25, -0.2) is 4.79 Å². The minimum absolute atomic E-state index is 0.0274. The van der Waals surface area contributed by atoms with Crippen molar-refractivity contribution in [2.45, 2.75) is 70.9 Å². The summed E-state index contributed by atoms with van der Waals surface area (Å²) in [6.07, 6.45) is 1.36. The highest BCUT2D eigenvalue weighted by molar-refractivity contribution is 5.93. The van der Waals surface area contributed by atoms with Crippen LogP contribution in [-0.4, -0.2) is 47.4 Å². The Labute approximate surface area is 252 Å². The van der Waals surface area contributed by atoms with Crippen molar-refractivity contribution in [1.82, 2.24) is 5.32 Å². The second kappa shape index (κ2) is 14.8.